The summed E-state index contributed by atoms with van der Waals surface area (Å²) in [6.07, 6.45) is 12.7. The van der Waals surface area contributed by atoms with Crippen LogP contribution < -0.4 is 0 Å². The van der Waals surface area contributed by atoms with Crippen LogP contribution in [0.3, 0.4) is 0 Å². The lowest BCUT2D eigenvalue weighted by Crippen LogP contribution is -2.00. The molecule has 0 rings (SSSR count). The molecule has 0 aliphatic carbocycles. The van der Waals surface area contributed by atoms with E-state index in [1.54, 1.807) is 13.0 Å². The van der Waals surface area contributed by atoms with Gasteiger partial charge < -0.3 is 4.89 Å². The van der Waals surface area contributed by atoms with Gasteiger partial charge >= 0.3 is 0 Å². The van der Waals surface area contributed by atoms with Crippen molar-refractivity contribution >= 4 is 0 Å². The second-order valence-electron chi connectivity index (χ2n) is 4.13. The van der Waals surface area contributed by atoms with E-state index >= 15 is 0 Å². The Morgan fingerprint density at radius 3 is 2.05 bits per heavy atom. The number of allylic oxidation sites excluding steroid dienone is 1. The van der Waals surface area contributed by atoms with Crippen LogP contribution in [0, 0.1) is 0 Å². The molecule has 6 heteroatoms. The van der Waals surface area contributed by atoms with Crippen molar-refractivity contribution < 1.29 is 29.9 Å². The van der Waals surface area contributed by atoms with Crippen molar-refractivity contribution in [2.75, 3.05) is 6.61 Å². The van der Waals surface area contributed by atoms with E-state index in [9.17, 15) is 0 Å². The summed E-state index contributed by atoms with van der Waals surface area (Å²) in [6.45, 7) is 4.43. The molecule has 19 heavy (non-hydrogen) atoms. The molecule has 0 fully saturated rings. The average molecular weight is 278 g/mol. The van der Waals surface area contributed by atoms with Crippen molar-refractivity contribution in [2.24, 2.45) is 0 Å². The molecular weight excluding hydrogens is 252 g/mol. The topological polar surface area (TPSA) is 55.4 Å². The molecule has 0 unspecified atom stereocenters. The Hall–Kier alpha value is -0.660. The molecule has 0 saturated heterocycles. The molecule has 0 saturated carbocycles. The van der Waals surface area contributed by atoms with Gasteiger partial charge in [-0.2, -0.15) is 0 Å². The number of rotatable bonds is 15. The van der Waals surface area contributed by atoms with Crippen LogP contribution in [0.15, 0.2) is 12.3 Å². The third-order valence-corrected chi connectivity index (χ3v) is 2.44. The van der Waals surface area contributed by atoms with Crippen molar-refractivity contribution in [1.82, 2.24) is 0 Å². The van der Waals surface area contributed by atoms with Gasteiger partial charge in [0.1, 0.15) is 6.26 Å². The van der Waals surface area contributed by atoms with Gasteiger partial charge in [0, 0.05) is 10.1 Å². The zero-order valence-electron chi connectivity index (χ0n) is 12.0. The van der Waals surface area contributed by atoms with Crippen LogP contribution in [0.2, 0.25) is 0 Å². The lowest BCUT2D eigenvalue weighted by Gasteiger charge is -2.02. The molecule has 114 valence electrons. The van der Waals surface area contributed by atoms with Crippen LogP contribution in [-0.4, -0.2) is 6.61 Å². The molecule has 0 heterocycles. The first-order valence-corrected chi connectivity index (χ1v) is 6.98. The van der Waals surface area contributed by atoms with Gasteiger partial charge in [-0.1, -0.05) is 51.9 Å². The van der Waals surface area contributed by atoms with Crippen molar-refractivity contribution in [3.05, 3.63) is 12.3 Å². The number of unbranched alkanes of at least 4 members (excludes halogenated alkanes) is 7. The summed E-state index contributed by atoms with van der Waals surface area (Å²) in [5.74, 6) is 0. The summed E-state index contributed by atoms with van der Waals surface area (Å²) < 4.78 is 0. The monoisotopic (exact) mass is 278 g/mol. The molecule has 0 atom stereocenters. The Morgan fingerprint density at radius 1 is 0.737 bits per heavy atom. The third kappa shape index (κ3) is 17.3. The maximum Gasteiger partial charge on any atom is 0.128 e. The molecule has 6 nitrogen and oxygen atoms in total. The summed E-state index contributed by atoms with van der Waals surface area (Å²) in [7, 11) is 0. The van der Waals surface area contributed by atoms with E-state index in [0.717, 1.165) is 12.8 Å². The molecule has 0 aliphatic rings. The molecule has 0 spiro atoms. The second-order valence-corrected chi connectivity index (χ2v) is 4.13. The van der Waals surface area contributed by atoms with E-state index in [2.05, 4.69) is 36.9 Å². The van der Waals surface area contributed by atoms with E-state index in [1.807, 2.05) is 0 Å². The molecule has 0 aromatic rings. The van der Waals surface area contributed by atoms with Crippen LogP contribution in [0.25, 0.3) is 0 Å². The van der Waals surface area contributed by atoms with Crippen LogP contribution in [-0.2, 0) is 29.9 Å². The Labute approximate surface area is 115 Å². The van der Waals surface area contributed by atoms with Gasteiger partial charge in [0.25, 0.3) is 0 Å². The van der Waals surface area contributed by atoms with Crippen molar-refractivity contribution in [3.63, 3.8) is 0 Å². The molecule has 0 aliphatic heterocycles. The molecule has 0 aromatic carbocycles. The number of hydrogen-bond donors (Lipinski definition) is 0. The fourth-order valence-corrected chi connectivity index (χ4v) is 1.47. The quantitative estimate of drug-likeness (QED) is 0.192. The Bertz CT molecular complexity index is 186. The van der Waals surface area contributed by atoms with Gasteiger partial charge in [0.2, 0.25) is 0 Å². The highest BCUT2D eigenvalue weighted by atomic mass is 17.8. The molecule has 0 amide bonds. The lowest BCUT2D eigenvalue weighted by molar-refractivity contribution is -0.751. The first-order chi connectivity index (χ1) is 9.41. The molecule has 0 aromatic heterocycles. The maximum atomic E-state index is 4.68. The predicted molar refractivity (Wildman–Crippen MR) is 68.8 cm³/mol. The minimum Gasteiger partial charge on any atom is -0.314 e. The number of hydrogen-bond acceptors (Lipinski definition) is 6. The zero-order chi connectivity index (χ0) is 14.0. The van der Waals surface area contributed by atoms with Crippen LogP contribution in [0.1, 0.15) is 65.2 Å². The fourth-order valence-electron chi connectivity index (χ4n) is 1.47. The van der Waals surface area contributed by atoms with Crippen LogP contribution in [0.4, 0.5) is 0 Å². The minimum absolute atomic E-state index is 0.452. The lowest BCUT2D eigenvalue weighted by atomic mass is 10.1. The van der Waals surface area contributed by atoms with Gasteiger partial charge in [-0.25, -0.2) is 4.89 Å². The zero-order valence-corrected chi connectivity index (χ0v) is 12.0. The van der Waals surface area contributed by atoms with Crippen molar-refractivity contribution in [2.45, 2.75) is 65.2 Å². The van der Waals surface area contributed by atoms with Gasteiger partial charge in [0.05, 0.1) is 6.61 Å². The van der Waals surface area contributed by atoms with E-state index in [4.69, 9.17) is 0 Å². The van der Waals surface area contributed by atoms with Gasteiger partial charge in [-0.15, -0.1) is 0 Å². The molecule has 0 radical (unpaired) electrons. The van der Waals surface area contributed by atoms with Gasteiger partial charge in [-0.3, -0.25) is 0 Å². The predicted octanol–water partition coefficient (Wildman–Crippen LogP) is 4.34. The summed E-state index contributed by atoms with van der Waals surface area (Å²) in [5.41, 5.74) is 0. The van der Waals surface area contributed by atoms with E-state index in [0.29, 0.717) is 6.61 Å². The van der Waals surface area contributed by atoms with Crippen molar-refractivity contribution in [1.29, 1.82) is 0 Å². The first-order valence-electron chi connectivity index (χ1n) is 6.98. The molecule has 0 bridgehead atoms. The largest absolute Gasteiger partial charge is 0.314 e. The highest BCUT2D eigenvalue weighted by molar-refractivity contribution is 4.62. The van der Waals surface area contributed by atoms with E-state index in [1.165, 1.54) is 44.8 Å². The third-order valence-electron chi connectivity index (χ3n) is 2.44. The fraction of sp³-hybridized carbons (Fsp3) is 0.846. The highest BCUT2D eigenvalue weighted by Gasteiger charge is 1.94. The van der Waals surface area contributed by atoms with E-state index in [-0.39, 0.29) is 0 Å². The van der Waals surface area contributed by atoms with Crippen LogP contribution >= 0.6 is 0 Å². The molecular formula is C13H26O6. The van der Waals surface area contributed by atoms with Gasteiger partial charge in [-0.05, 0) is 29.5 Å². The summed E-state index contributed by atoms with van der Waals surface area (Å²) >= 11 is 0. The normalized spacial score (nSPS) is 11.3. The van der Waals surface area contributed by atoms with E-state index < -0.39 is 0 Å². The Balaban J connectivity index is 2.91. The van der Waals surface area contributed by atoms with Crippen LogP contribution in [0.5, 0.6) is 0 Å². The first kappa shape index (κ1) is 18.3. The second kappa shape index (κ2) is 17.3. The smallest absolute Gasteiger partial charge is 0.128 e. The Morgan fingerprint density at radius 2 is 1.37 bits per heavy atom. The summed E-state index contributed by atoms with van der Waals surface area (Å²) in [6, 6.07) is 0. The van der Waals surface area contributed by atoms with Gasteiger partial charge in [0.15, 0.2) is 0 Å². The highest BCUT2D eigenvalue weighted by Crippen LogP contribution is 2.08. The standard InChI is InChI=1S/C13H26O6/c1-3-5-6-7-8-9-10-11-13-15-17-19-18-16-14-12-4-2/h4,12H,3,5-11,13H2,1-2H3. The average Bonchev–Trinajstić information content (AvgIpc) is 2.43. The SMILES string of the molecule is CC=COOOOOOCCCCCCCCCC. The summed E-state index contributed by atoms with van der Waals surface area (Å²) in [5, 5.41) is 16.3. The minimum atomic E-state index is 0.452. The Kier molecular flexibility index (Phi) is 16.7. The summed E-state index contributed by atoms with van der Waals surface area (Å²) in [4.78, 5) is 9.00. The molecule has 0 N–H and O–H groups in total. The maximum absolute atomic E-state index is 4.68. The van der Waals surface area contributed by atoms with Crippen molar-refractivity contribution in [3.8, 4) is 0 Å².